The minimum atomic E-state index is -0.290. The highest BCUT2D eigenvalue weighted by Gasteiger charge is 2.34. The van der Waals surface area contributed by atoms with Crippen molar-refractivity contribution in [1.29, 1.82) is 0 Å². The lowest BCUT2D eigenvalue weighted by Crippen LogP contribution is -2.59. The van der Waals surface area contributed by atoms with Gasteiger partial charge in [0.2, 0.25) is 5.91 Å². The molecule has 24 heavy (non-hydrogen) atoms. The van der Waals surface area contributed by atoms with Gasteiger partial charge in [-0.1, -0.05) is 29.8 Å². The first kappa shape index (κ1) is 16.7. The molecule has 2 aromatic carbocycles. The molecule has 2 aromatic rings. The van der Waals surface area contributed by atoms with Gasteiger partial charge in [-0.15, -0.1) is 0 Å². The zero-order chi connectivity index (χ0) is 17.1. The number of hydrogen-bond acceptors (Lipinski definition) is 3. The maximum atomic E-state index is 13.1. The van der Waals surface area contributed by atoms with Gasteiger partial charge in [0.15, 0.2) is 0 Å². The Bertz CT molecular complexity index is 754. The van der Waals surface area contributed by atoms with Crippen LogP contribution in [0.5, 0.6) is 5.75 Å². The van der Waals surface area contributed by atoms with Gasteiger partial charge < -0.3 is 15.8 Å². The molecule has 0 radical (unpaired) electrons. The molecule has 1 aliphatic heterocycles. The molecule has 4 nitrogen and oxygen atoms in total. The maximum absolute atomic E-state index is 13.1. The normalized spacial score (nSPS) is 19.6. The minimum Gasteiger partial charge on any atom is -0.489 e. The molecule has 1 aliphatic rings. The molecule has 1 fully saturated rings. The third kappa shape index (κ3) is 3.86. The van der Waals surface area contributed by atoms with Crippen molar-refractivity contribution < 1.29 is 13.9 Å². The van der Waals surface area contributed by atoms with Crippen LogP contribution >= 0.6 is 11.6 Å². The SMILES string of the molecule is NC(=O)C1CNC1Cc1ccc(OCc2cccc(F)c2)cc1Cl. The van der Waals surface area contributed by atoms with Crippen LogP contribution in [-0.4, -0.2) is 18.5 Å². The fraction of sp³-hybridized carbons (Fsp3) is 0.278. The van der Waals surface area contributed by atoms with E-state index in [1.54, 1.807) is 18.2 Å². The van der Waals surface area contributed by atoms with Gasteiger partial charge in [0.1, 0.15) is 18.2 Å². The van der Waals surface area contributed by atoms with Crippen LogP contribution in [0.3, 0.4) is 0 Å². The Labute approximate surface area is 144 Å². The van der Waals surface area contributed by atoms with E-state index < -0.39 is 0 Å². The molecule has 6 heteroatoms. The first-order valence-corrected chi connectivity index (χ1v) is 8.09. The van der Waals surface area contributed by atoms with Gasteiger partial charge in [-0.2, -0.15) is 0 Å². The zero-order valence-electron chi connectivity index (χ0n) is 13.0. The molecule has 1 saturated heterocycles. The molecule has 0 bridgehead atoms. The topological polar surface area (TPSA) is 64.4 Å². The fourth-order valence-electron chi connectivity index (χ4n) is 2.73. The summed E-state index contributed by atoms with van der Waals surface area (Å²) in [6.45, 7) is 0.883. The van der Waals surface area contributed by atoms with Crippen LogP contribution < -0.4 is 15.8 Å². The lowest BCUT2D eigenvalue weighted by molar-refractivity contribution is -0.124. The number of nitrogens with one attached hydrogen (secondary N) is 1. The van der Waals surface area contributed by atoms with Gasteiger partial charge in [-0.25, -0.2) is 4.39 Å². The van der Waals surface area contributed by atoms with Crippen LogP contribution in [0.4, 0.5) is 4.39 Å². The molecule has 2 unspecified atom stereocenters. The van der Waals surface area contributed by atoms with E-state index >= 15 is 0 Å². The Morgan fingerprint density at radius 1 is 1.33 bits per heavy atom. The van der Waals surface area contributed by atoms with Crippen LogP contribution in [-0.2, 0) is 17.8 Å². The summed E-state index contributed by atoms with van der Waals surface area (Å²) in [5.74, 6) is -0.114. The molecule has 0 aromatic heterocycles. The second-order valence-electron chi connectivity index (χ2n) is 5.90. The van der Waals surface area contributed by atoms with Crippen molar-refractivity contribution in [2.45, 2.75) is 19.1 Å². The minimum absolute atomic E-state index is 0.0269. The van der Waals surface area contributed by atoms with Crippen LogP contribution in [0.2, 0.25) is 5.02 Å². The van der Waals surface area contributed by atoms with Gasteiger partial charge in [-0.3, -0.25) is 4.79 Å². The number of carbonyl (C=O) groups excluding carboxylic acids is 1. The summed E-state index contributed by atoms with van der Waals surface area (Å²) >= 11 is 6.30. The predicted octanol–water partition coefficient (Wildman–Crippen LogP) is 2.67. The number of benzene rings is 2. The number of ether oxygens (including phenoxy) is 1. The molecule has 1 amide bonds. The monoisotopic (exact) mass is 348 g/mol. The van der Waals surface area contributed by atoms with E-state index in [1.165, 1.54) is 12.1 Å². The van der Waals surface area contributed by atoms with Gasteiger partial charge in [-0.05, 0) is 41.8 Å². The van der Waals surface area contributed by atoms with Crippen molar-refractivity contribution >= 4 is 17.5 Å². The Morgan fingerprint density at radius 3 is 2.79 bits per heavy atom. The van der Waals surface area contributed by atoms with E-state index in [4.69, 9.17) is 22.1 Å². The van der Waals surface area contributed by atoms with Crippen molar-refractivity contribution in [2.24, 2.45) is 11.7 Å². The summed E-state index contributed by atoms with van der Waals surface area (Å²) in [5, 5.41) is 3.77. The standard InChI is InChI=1S/C18H18ClFN2O2/c19-16-8-14(24-10-11-2-1-3-13(20)6-11)5-4-12(16)7-17-15(9-22-17)18(21)23/h1-6,8,15,17,22H,7,9-10H2,(H2,21,23). The third-order valence-corrected chi connectivity index (χ3v) is 4.56. The molecule has 0 saturated carbocycles. The number of nitrogens with two attached hydrogens (primary N) is 1. The van der Waals surface area contributed by atoms with E-state index in [9.17, 15) is 9.18 Å². The first-order valence-electron chi connectivity index (χ1n) is 7.71. The largest absolute Gasteiger partial charge is 0.489 e. The van der Waals surface area contributed by atoms with E-state index in [0.29, 0.717) is 23.7 Å². The predicted molar refractivity (Wildman–Crippen MR) is 90.4 cm³/mol. The van der Waals surface area contributed by atoms with Gasteiger partial charge in [0.05, 0.1) is 5.92 Å². The second kappa shape index (κ2) is 7.20. The average Bonchev–Trinajstić information content (AvgIpc) is 2.50. The molecule has 3 rings (SSSR count). The Balaban J connectivity index is 1.61. The molecule has 2 atom stereocenters. The van der Waals surface area contributed by atoms with Crippen LogP contribution in [0.1, 0.15) is 11.1 Å². The number of primary amides is 1. The summed E-state index contributed by atoms with van der Waals surface area (Å²) < 4.78 is 18.8. The molecule has 1 heterocycles. The van der Waals surface area contributed by atoms with E-state index in [1.807, 2.05) is 12.1 Å². The van der Waals surface area contributed by atoms with Crippen molar-refractivity contribution in [3.05, 3.63) is 64.4 Å². The lowest BCUT2D eigenvalue weighted by atomic mass is 9.86. The third-order valence-electron chi connectivity index (χ3n) is 4.21. The van der Waals surface area contributed by atoms with Crippen molar-refractivity contribution in [1.82, 2.24) is 5.32 Å². The molecular weight excluding hydrogens is 331 g/mol. The average molecular weight is 349 g/mol. The van der Waals surface area contributed by atoms with Gasteiger partial charge >= 0.3 is 0 Å². The van der Waals surface area contributed by atoms with Crippen molar-refractivity contribution in [2.75, 3.05) is 6.54 Å². The van der Waals surface area contributed by atoms with Crippen LogP contribution in [0, 0.1) is 11.7 Å². The molecule has 126 valence electrons. The highest BCUT2D eigenvalue weighted by molar-refractivity contribution is 6.31. The van der Waals surface area contributed by atoms with Crippen molar-refractivity contribution in [3.8, 4) is 5.75 Å². The summed E-state index contributed by atoms with van der Waals surface area (Å²) in [5.41, 5.74) is 7.03. The first-order chi connectivity index (χ1) is 11.5. The zero-order valence-corrected chi connectivity index (χ0v) is 13.7. The number of carbonyl (C=O) groups is 1. The van der Waals surface area contributed by atoms with E-state index in [2.05, 4.69) is 5.32 Å². The van der Waals surface area contributed by atoms with Crippen molar-refractivity contribution in [3.63, 3.8) is 0 Å². The second-order valence-corrected chi connectivity index (χ2v) is 6.31. The molecule has 0 aliphatic carbocycles. The van der Waals surface area contributed by atoms with Crippen LogP contribution in [0.25, 0.3) is 0 Å². The molecular formula is C18H18ClFN2O2. The summed E-state index contributed by atoms with van der Waals surface area (Å²) in [6, 6.07) is 11.7. The molecule has 3 N–H and O–H groups in total. The number of rotatable bonds is 6. The Kier molecular flexibility index (Phi) is 5.02. The fourth-order valence-corrected chi connectivity index (χ4v) is 2.98. The summed E-state index contributed by atoms with van der Waals surface area (Å²) in [6.07, 6.45) is 0.636. The lowest BCUT2D eigenvalue weighted by Gasteiger charge is -2.36. The maximum Gasteiger partial charge on any atom is 0.223 e. The number of halogens is 2. The summed E-state index contributed by atoms with van der Waals surface area (Å²) in [7, 11) is 0. The Hall–Kier alpha value is -2.11. The van der Waals surface area contributed by atoms with E-state index in [0.717, 1.165) is 11.1 Å². The highest BCUT2D eigenvalue weighted by Crippen LogP contribution is 2.27. The number of hydrogen-bond donors (Lipinski definition) is 2. The number of amides is 1. The quantitative estimate of drug-likeness (QED) is 0.843. The van der Waals surface area contributed by atoms with Gasteiger partial charge in [0.25, 0.3) is 0 Å². The molecule has 0 spiro atoms. The van der Waals surface area contributed by atoms with Gasteiger partial charge in [0, 0.05) is 17.6 Å². The smallest absolute Gasteiger partial charge is 0.223 e. The van der Waals surface area contributed by atoms with Crippen LogP contribution in [0.15, 0.2) is 42.5 Å². The summed E-state index contributed by atoms with van der Waals surface area (Å²) in [4.78, 5) is 11.3. The Morgan fingerprint density at radius 2 is 2.17 bits per heavy atom. The highest BCUT2D eigenvalue weighted by atomic mass is 35.5. The van der Waals surface area contributed by atoms with E-state index in [-0.39, 0.29) is 30.3 Å².